The van der Waals surface area contributed by atoms with Crippen molar-refractivity contribution in [3.05, 3.63) is 36.5 Å². The second-order valence-electron chi connectivity index (χ2n) is 5.46. The van der Waals surface area contributed by atoms with Crippen LogP contribution in [0.15, 0.2) is 36.5 Å². The monoisotopic (exact) mass is 287 g/mol. The van der Waals surface area contributed by atoms with E-state index in [-0.39, 0.29) is 11.9 Å². The van der Waals surface area contributed by atoms with E-state index in [2.05, 4.69) is 46.4 Å². The molecule has 2 heterocycles. The van der Waals surface area contributed by atoms with Crippen LogP contribution in [-0.4, -0.2) is 38.3 Å². The van der Waals surface area contributed by atoms with E-state index in [1.54, 1.807) is 0 Å². The molecule has 2 aliphatic rings. The summed E-state index contributed by atoms with van der Waals surface area (Å²) >= 11 is 0. The Kier molecular flexibility index (Phi) is 4.10. The van der Waals surface area contributed by atoms with E-state index >= 15 is 0 Å². The highest BCUT2D eigenvalue weighted by atomic mass is 16.5. The van der Waals surface area contributed by atoms with Gasteiger partial charge in [-0.3, -0.25) is 4.79 Å². The maximum Gasteiger partial charge on any atom is 0.224 e. The van der Waals surface area contributed by atoms with Crippen molar-refractivity contribution >= 4 is 17.3 Å². The molecule has 0 radical (unpaired) electrons. The maximum atomic E-state index is 11.3. The van der Waals surface area contributed by atoms with Gasteiger partial charge in [-0.2, -0.15) is 0 Å². The lowest BCUT2D eigenvalue weighted by molar-refractivity contribution is -0.121. The van der Waals surface area contributed by atoms with E-state index in [0.29, 0.717) is 6.42 Å². The molecule has 2 aliphatic heterocycles. The molecular weight excluding hydrogens is 266 g/mol. The zero-order valence-corrected chi connectivity index (χ0v) is 12.1. The molecule has 112 valence electrons. The fraction of sp³-hybridized carbons (Fsp3) is 0.438. The molecule has 1 aromatic carbocycles. The van der Waals surface area contributed by atoms with Crippen molar-refractivity contribution in [2.24, 2.45) is 0 Å². The molecule has 1 unspecified atom stereocenters. The van der Waals surface area contributed by atoms with Crippen LogP contribution in [0, 0.1) is 0 Å². The van der Waals surface area contributed by atoms with E-state index in [1.165, 1.54) is 5.69 Å². The second-order valence-corrected chi connectivity index (χ2v) is 5.46. The summed E-state index contributed by atoms with van der Waals surface area (Å²) in [5.74, 6) is 0.0562. The van der Waals surface area contributed by atoms with Crippen LogP contribution in [0.1, 0.15) is 12.8 Å². The number of benzene rings is 1. The van der Waals surface area contributed by atoms with Gasteiger partial charge in [0.05, 0.1) is 19.3 Å². The highest BCUT2D eigenvalue weighted by Gasteiger charge is 2.21. The highest BCUT2D eigenvalue weighted by Crippen LogP contribution is 2.22. The van der Waals surface area contributed by atoms with Crippen molar-refractivity contribution in [3.63, 3.8) is 0 Å². The summed E-state index contributed by atoms with van der Waals surface area (Å²) in [7, 11) is 0. The molecule has 0 saturated carbocycles. The number of piperidine rings is 1. The molecule has 0 aromatic heterocycles. The van der Waals surface area contributed by atoms with Gasteiger partial charge in [-0.25, -0.2) is 0 Å². The Morgan fingerprint density at radius 1 is 1.24 bits per heavy atom. The zero-order valence-electron chi connectivity index (χ0n) is 12.1. The molecule has 1 aromatic rings. The largest absolute Gasteiger partial charge is 0.378 e. The fourth-order valence-corrected chi connectivity index (χ4v) is 2.73. The van der Waals surface area contributed by atoms with Gasteiger partial charge in [0.25, 0.3) is 0 Å². The van der Waals surface area contributed by atoms with E-state index in [0.717, 1.165) is 44.1 Å². The Bertz CT molecular complexity index is 521. The predicted octanol–water partition coefficient (Wildman–Crippen LogP) is 1.73. The smallest absolute Gasteiger partial charge is 0.224 e. The molecule has 1 amide bonds. The molecule has 2 saturated heterocycles. The summed E-state index contributed by atoms with van der Waals surface area (Å²) in [4.78, 5) is 13.6. The SMILES string of the molecule is C=C1NC(=O)CCC1Nc1ccc(N2CCOCC2)cc1. The van der Waals surface area contributed by atoms with Crippen LogP contribution in [-0.2, 0) is 9.53 Å². The van der Waals surface area contributed by atoms with Gasteiger partial charge in [0.15, 0.2) is 0 Å². The zero-order chi connectivity index (χ0) is 14.7. The third-order valence-corrected chi connectivity index (χ3v) is 3.97. The lowest BCUT2D eigenvalue weighted by Gasteiger charge is -2.29. The van der Waals surface area contributed by atoms with Crippen molar-refractivity contribution in [2.45, 2.75) is 18.9 Å². The fourth-order valence-electron chi connectivity index (χ4n) is 2.73. The maximum absolute atomic E-state index is 11.3. The van der Waals surface area contributed by atoms with Crippen LogP contribution in [0.3, 0.4) is 0 Å². The molecule has 0 aliphatic carbocycles. The molecule has 2 N–H and O–H groups in total. The van der Waals surface area contributed by atoms with E-state index in [4.69, 9.17) is 4.74 Å². The Hall–Kier alpha value is -2.01. The van der Waals surface area contributed by atoms with Gasteiger partial charge in [0.2, 0.25) is 5.91 Å². The Labute approximate surface area is 125 Å². The van der Waals surface area contributed by atoms with Crippen molar-refractivity contribution in [3.8, 4) is 0 Å². The third-order valence-electron chi connectivity index (χ3n) is 3.97. The van der Waals surface area contributed by atoms with Crippen molar-refractivity contribution < 1.29 is 9.53 Å². The van der Waals surface area contributed by atoms with Crippen LogP contribution in [0.2, 0.25) is 0 Å². The summed E-state index contributed by atoms with van der Waals surface area (Å²) in [6.45, 7) is 7.39. The summed E-state index contributed by atoms with van der Waals surface area (Å²) in [5.41, 5.74) is 3.03. The number of anilines is 2. The summed E-state index contributed by atoms with van der Waals surface area (Å²) in [5, 5.41) is 6.22. The van der Waals surface area contributed by atoms with E-state index in [9.17, 15) is 4.79 Å². The summed E-state index contributed by atoms with van der Waals surface area (Å²) in [6, 6.07) is 8.51. The number of nitrogens with one attached hydrogen (secondary N) is 2. The number of ether oxygens (including phenoxy) is 1. The number of hydrogen-bond donors (Lipinski definition) is 2. The minimum atomic E-state index is 0.0562. The number of carbonyl (C=O) groups excluding carboxylic acids is 1. The topological polar surface area (TPSA) is 53.6 Å². The molecule has 3 rings (SSSR count). The predicted molar refractivity (Wildman–Crippen MR) is 83.4 cm³/mol. The van der Waals surface area contributed by atoms with Crippen molar-refractivity contribution in [1.29, 1.82) is 0 Å². The quantitative estimate of drug-likeness (QED) is 0.889. The van der Waals surface area contributed by atoms with Crippen molar-refractivity contribution in [1.82, 2.24) is 5.32 Å². The number of nitrogens with zero attached hydrogens (tertiary/aromatic N) is 1. The number of carbonyl (C=O) groups is 1. The van der Waals surface area contributed by atoms with Crippen molar-refractivity contribution in [2.75, 3.05) is 36.5 Å². The first-order valence-electron chi connectivity index (χ1n) is 7.40. The van der Waals surface area contributed by atoms with Gasteiger partial charge in [-0.15, -0.1) is 0 Å². The molecular formula is C16H21N3O2. The van der Waals surface area contributed by atoms with E-state index in [1.807, 2.05) is 0 Å². The van der Waals surface area contributed by atoms with E-state index < -0.39 is 0 Å². The van der Waals surface area contributed by atoms with Gasteiger partial charge in [-0.1, -0.05) is 6.58 Å². The molecule has 1 atom stereocenters. The normalized spacial score (nSPS) is 22.9. The van der Waals surface area contributed by atoms with Gasteiger partial charge in [0.1, 0.15) is 0 Å². The molecule has 0 bridgehead atoms. The average Bonchev–Trinajstić information content (AvgIpc) is 2.52. The van der Waals surface area contributed by atoms with Gasteiger partial charge >= 0.3 is 0 Å². The third kappa shape index (κ3) is 3.36. The number of rotatable bonds is 3. The first-order valence-corrected chi connectivity index (χ1v) is 7.40. The standard InChI is InChI=1S/C16H21N3O2/c1-12-15(6-7-16(20)17-12)18-13-2-4-14(5-3-13)19-8-10-21-11-9-19/h2-5,15,18H,1,6-11H2,(H,17,20). The van der Waals surface area contributed by atoms with Crippen LogP contribution in [0.25, 0.3) is 0 Å². The van der Waals surface area contributed by atoms with Crippen LogP contribution in [0.4, 0.5) is 11.4 Å². The highest BCUT2D eigenvalue weighted by molar-refractivity contribution is 5.79. The first-order chi connectivity index (χ1) is 10.2. The average molecular weight is 287 g/mol. The molecule has 5 heteroatoms. The molecule has 5 nitrogen and oxygen atoms in total. The lowest BCUT2D eigenvalue weighted by atomic mass is 10.0. The Morgan fingerprint density at radius 2 is 1.95 bits per heavy atom. The molecule has 21 heavy (non-hydrogen) atoms. The molecule has 2 fully saturated rings. The number of amides is 1. The van der Waals surface area contributed by atoms with Gasteiger partial charge in [0, 0.05) is 36.6 Å². The molecule has 0 spiro atoms. The summed E-state index contributed by atoms with van der Waals surface area (Å²) < 4.78 is 5.37. The second kappa shape index (κ2) is 6.18. The minimum Gasteiger partial charge on any atom is -0.378 e. The van der Waals surface area contributed by atoms with Gasteiger partial charge < -0.3 is 20.3 Å². The van der Waals surface area contributed by atoms with Crippen LogP contribution >= 0.6 is 0 Å². The van der Waals surface area contributed by atoms with Gasteiger partial charge in [-0.05, 0) is 30.7 Å². The summed E-state index contributed by atoms with van der Waals surface area (Å²) in [6.07, 6.45) is 1.33. The first kappa shape index (κ1) is 13.9. The number of hydrogen-bond acceptors (Lipinski definition) is 4. The number of morpholine rings is 1. The van der Waals surface area contributed by atoms with Crippen LogP contribution < -0.4 is 15.5 Å². The lowest BCUT2D eigenvalue weighted by Crippen LogP contribution is -2.39. The Morgan fingerprint density at radius 3 is 2.62 bits per heavy atom. The Balaban J connectivity index is 1.61. The minimum absolute atomic E-state index is 0.0562. The van der Waals surface area contributed by atoms with Crippen LogP contribution in [0.5, 0.6) is 0 Å².